The molecule has 24 heavy (non-hydrogen) atoms. The van der Waals surface area contributed by atoms with E-state index in [2.05, 4.69) is 10.2 Å². The average Bonchev–Trinajstić information content (AvgIpc) is 2.56. The van der Waals surface area contributed by atoms with E-state index < -0.39 is 0 Å². The number of rotatable bonds is 4. The van der Waals surface area contributed by atoms with Crippen molar-refractivity contribution < 1.29 is 4.74 Å². The summed E-state index contributed by atoms with van der Waals surface area (Å²) in [5.41, 5.74) is 1.39. The van der Waals surface area contributed by atoms with Gasteiger partial charge in [-0.05, 0) is 35.9 Å². The molecule has 7 heteroatoms. The van der Waals surface area contributed by atoms with Gasteiger partial charge in [-0.1, -0.05) is 46.9 Å². The van der Waals surface area contributed by atoms with Gasteiger partial charge in [-0.3, -0.25) is 4.79 Å². The lowest BCUT2D eigenvalue weighted by Gasteiger charge is -2.12. The molecule has 0 aliphatic rings. The highest BCUT2D eigenvalue weighted by atomic mass is 35.5. The molecule has 1 N–H and O–H groups in total. The number of hydrogen-bond donors (Lipinski definition) is 1. The summed E-state index contributed by atoms with van der Waals surface area (Å²) in [6, 6.07) is 13.6. The zero-order valence-corrected chi connectivity index (χ0v) is 14.5. The van der Waals surface area contributed by atoms with Crippen molar-refractivity contribution in [1.29, 1.82) is 0 Å². The molecular weight excluding hydrogens is 371 g/mol. The van der Waals surface area contributed by atoms with Gasteiger partial charge in [-0.2, -0.15) is 5.10 Å². The summed E-state index contributed by atoms with van der Waals surface area (Å²) in [6.07, 6.45) is 0.514. The molecule has 0 saturated carbocycles. The number of halogens is 3. The van der Waals surface area contributed by atoms with Crippen LogP contribution in [-0.4, -0.2) is 10.2 Å². The van der Waals surface area contributed by atoms with Gasteiger partial charge >= 0.3 is 0 Å². The minimum absolute atomic E-state index is 0.243. The predicted octanol–water partition coefficient (Wildman–Crippen LogP) is 5.11. The van der Waals surface area contributed by atoms with Gasteiger partial charge in [0.1, 0.15) is 5.75 Å². The summed E-state index contributed by atoms with van der Waals surface area (Å²) >= 11 is 18.4. The fourth-order valence-corrected chi connectivity index (χ4v) is 2.74. The minimum atomic E-state index is -0.243. The number of para-hydroxylation sites is 1. The van der Waals surface area contributed by atoms with Crippen LogP contribution in [0.25, 0.3) is 0 Å². The van der Waals surface area contributed by atoms with Crippen molar-refractivity contribution in [3.8, 4) is 11.5 Å². The molecule has 0 unspecified atom stereocenters. The van der Waals surface area contributed by atoms with Crippen LogP contribution in [0.3, 0.4) is 0 Å². The Bertz CT molecular complexity index is 901. The van der Waals surface area contributed by atoms with E-state index in [4.69, 9.17) is 39.5 Å². The Morgan fingerprint density at radius 1 is 0.958 bits per heavy atom. The lowest BCUT2D eigenvalue weighted by molar-refractivity contribution is 0.483. The highest BCUT2D eigenvalue weighted by molar-refractivity contribution is 6.37. The van der Waals surface area contributed by atoms with Crippen LogP contribution in [0.4, 0.5) is 0 Å². The molecular formula is C17H11Cl3N2O2. The van der Waals surface area contributed by atoms with Crippen LogP contribution >= 0.6 is 34.8 Å². The van der Waals surface area contributed by atoms with Crippen molar-refractivity contribution in [3.05, 3.63) is 85.2 Å². The zero-order valence-electron chi connectivity index (χ0n) is 12.2. The predicted molar refractivity (Wildman–Crippen MR) is 95.7 cm³/mol. The number of H-pyrrole nitrogens is 1. The highest BCUT2D eigenvalue weighted by Crippen LogP contribution is 2.38. The Balaban J connectivity index is 1.89. The smallest absolute Gasteiger partial charge is 0.264 e. The van der Waals surface area contributed by atoms with Gasteiger partial charge in [0.05, 0.1) is 20.8 Å². The van der Waals surface area contributed by atoms with Gasteiger partial charge in [-0.15, -0.1) is 0 Å². The Morgan fingerprint density at radius 3 is 2.38 bits per heavy atom. The Labute approximate surface area is 153 Å². The maximum Gasteiger partial charge on any atom is 0.264 e. The quantitative estimate of drug-likeness (QED) is 0.683. The number of aromatic nitrogens is 2. The van der Waals surface area contributed by atoms with E-state index >= 15 is 0 Å². The molecule has 0 fully saturated rings. The summed E-state index contributed by atoms with van der Waals surface area (Å²) < 4.78 is 5.79. The first-order valence-corrected chi connectivity index (χ1v) is 8.11. The Kier molecular flexibility index (Phi) is 5.09. The zero-order chi connectivity index (χ0) is 17.1. The minimum Gasteiger partial charge on any atom is -0.453 e. The number of ether oxygens (including phenoxy) is 1. The second kappa shape index (κ2) is 7.26. The largest absolute Gasteiger partial charge is 0.453 e. The van der Waals surface area contributed by atoms with E-state index in [1.165, 1.54) is 6.07 Å². The summed E-state index contributed by atoms with van der Waals surface area (Å²) in [7, 11) is 0. The molecule has 3 rings (SSSR count). The normalized spacial score (nSPS) is 10.6. The first-order chi connectivity index (χ1) is 11.5. The summed E-state index contributed by atoms with van der Waals surface area (Å²) in [5.74, 6) is 0.788. The van der Waals surface area contributed by atoms with Crippen molar-refractivity contribution in [3.63, 3.8) is 0 Å². The van der Waals surface area contributed by atoms with E-state index in [1.54, 1.807) is 36.4 Å². The highest BCUT2D eigenvalue weighted by Gasteiger charge is 2.11. The van der Waals surface area contributed by atoms with Gasteiger partial charge in [-0.25, -0.2) is 5.10 Å². The van der Waals surface area contributed by atoms with Crippen molar-refractivity contribution in [2.75, 3.05) is 0 Å². The summed E-state index contributed by atoms with van der Waals surface area (Å²) in [5, 5.41) is 7.61. The second-order valence-corrected chi connectivity index (χ2v) is 6.23. The molecule has 0 spiro atoms. The second-order valence-electron chi connectivity index (χ2n) is 5.01. The standard InChI is InChI=1S/C17H11Cl3N2O2/c18-12-6-4-10(8-11-5-7-16(23)22-21-11)9-15(12)24-17-13(19)2-1-3-14(17)20/h1-7,9H,8H2,(H,22,23). The molecule has 3 aromatic rings. The molecule has 122 valence electrons. The first-order valence-electron chi connectivity index (χ1n) is 6.98. The van der Waals surface area contributed by atoms with Crippen LogP contribution in [0.15, 0.2) is 53.3 Å². The molecule has 0 aliphatic heterocycles. The van der Waals surface area contributed by atoms with Crippen molar-refractivity contribution in [2.45, 2.75) is 6.42 Å². The number of nitrogens with one attached hydrogen (secondary N) is 1. The van der Waals surface area contributed by atoms with E-state index in [0.717, 1.165) is 11.3 Å². The van der Waals surface area contributed by atoms with Gasteiger partial charge in [0, 0.05) is 12.5 Å². The fourth-order valence-electron chi connectivity index (χ4n) is 2.11. The fraction of sp³-hybridized carbons (Fsp3) is 0.0588. The number of aromatic amines is 1. The average molecular weight is 382 g/mol. The summed E-state index contributed by atoms with van der Waals surface area (Å²) in [6.45, 7) is 0. The molecule has 0 saturated heterocycles. The summed E-state index contributed by atoms with van der Waals surface area (Å²) in [4.78, 5) is 11.1. The third-order valence-electron chi connectivity index (χ3n) is 3.25. The van der Waals surface area contributed by atoms with Crippen LogP contribution in [0.2, 0.25) is 15.1 Å². The van der Waals surface area contributed by atoms with Crippen molar-refractivity contribution in [2.24, 2.45) is 0 Å². The SMILES string of the molecule is O=c1ccc(Cc2ccc(Cl)c(Oc3c(Cl)cccc3Cl)c2)n[nH]1. The maximum absolute atomic E-state index is 11.1. The first kappa shape index (κ1) is 16.8. The van der Waals surface area contributed by atoms with E-state index in [1.807, 2.05) is 6.07 Å². The topological polar surface area (TPSA) is 55.0 Å². The van der Waals surface area contributed by atoms with Gasteiger partial charge in [0.15, 0.2) is 5.75 Å². The number of nitrogens with zero attached hydrogens (tertiary/aromatic N) is 1. The molecule has 0 aliphatic carbocycles. The monoisotopic (exact) mass is 380 g/mol. The lowest BCUT2D eigenvalue weighted by atomic mass is 10.1. The third kappa shape index (κ3) is 3.90. The van der Waals surface area contributed by atoms with Crippen LogP contribution in [0, 0.1) is 0 Å². The van der Waals surface area contributed by atoms with Crippen molar-refractivity contribution >= 4 is 34.8 Å². The molecule has 4 nitrogen and oxygen atoms in total. The van der Waals surface area contributed by atoms with Crippen LogP contribution in [-0.2, 0) is 6.42 Å². The van der Waals surface area contributed by atoms with Gasteiger partial charge in [0.25, 0.3) is 5.56 Å². The Hall–Kier alpha value is -2.01. The third-order valence-corrected chi connectivity index (χ3v) is 4.16. The lowest BCUT2D eigenvalue weighted by Crippen LogP contribution is -2.07. The van der Waals surface area contributed by atoms with Crippen LogP contribution in [0.5, 0.6) is 11.5 Å². The van der Waals surface area contributed by atoms with E-state index in [-0.39, 0.29) is 5.56 Å². The van der Waals surface area contributed by atoms with Gasteiger partial charge in [0.2, 0.25) is 0 Å². The molecule has 1 aromatic heterocycles. The Morgan fingerprint density at radius 2 is 1.71 bits per heavy atom. The molecule has 0 bridgehead atoms. The number of hydrogen-bond acceptors (Lipinski definition) is 3. The van der Waals surface area contributed by atoms with E-state index in [0.29, 0.717) is 33.0 Å². The van der Waals surface area contributed by atoms with Crippen LogP contribution in [0.1, 0.15) is 11.3 Å². The van der Waals surface area contributed by atoms with Gasteiger partial charge < -0.3 is 4.74 Å². The molecule has 0 amide bonds. The molecule has 0 radical (unpaired) electrons. The molecule has 0 atom stereocenters. The molecule has 2 aromatic carbocycles. The van der Waals surface area contributed by atoms with E-state index in [9.17, 15) is 4.79 Å². The van der Waals surface area contributed by atoms with Crippen LogP contribution < -0.4 is 10.3 Å². The van der Waals surface area contributed by atoms with Crippen molar-refractivity contribution in [1.82, 2.24) is 10.2 Å². The maximum atomic E-state index is 11.1. The molecule has 1 heterocycles. The number of benzene rings is 2.